The maximum absolute atomic E-state index is 12.7. The first-order valence-corrected chi connectivity index (χ1v) is 10.9. The van der Waals surface area contributed by atoms with Crippen molar-refractivity contribution >= 4 is 33.6 Å². The highest BCUT2D eigenvalue weighted by Crippen LogP contribution is 2.24. The van der Waals surface area contributed by atoms with Crippen LogP contribution in [0.15, 0.2) is 64.6 Å². The van der Waals surface area contributed by atoms with Crippen molar-refractivity contribution in [2.75, 3.05) is 5.32 Å². The van der Waals surface area contributed by atoms with Gasteiger partial charge in [0.1, 0.15) is 11.6 Å². The van der Waals surface area contributed by atoms with E-state index in [0.29, 0.717) is 0 Å². The lowest BCUT2D eigenvalue weighted by molar-refractivity contribution is -0.112. The van der Waals surface area contributed by atoms with Crippen LogP contribution in [0.4, 0.5) is 5.69 Å². The molecule has 4 heteroatoms. The van der Waals surface area contributed by atoms with Crippen LogP contribution < -0.4 is 5.32 Å². The molecule has 3 rings (SSSR count). The summed E-state index contributed by atoms with van der Waals surface area (Å²) in [6.45, 7) is 8.15. The number of nitrogens with one attached hydrogen (secondary N) is 1. The summed E-state index contributed by atoms with van der Waals surface area (Å²) in [5.74, 6) is -0.411. The first-order chi connectivity index (χ1) is 14.8. The molecule has 0 aliphatic carbocycles. The number of carbonyl (C=O) groups is 1. The number of benzene rings is 3. The Balaban J connectivity index is 1.81. The second-order valence-corrected chi connectivity index (χ2v) is 8.75. The molecule has 0 spiro atoms. The van der Waals surface area contributed by atoms with E-state index in [1.165, 1.54) is 16.7 Å². The van der Waals surface area contributed by atoms with Crippen molar-refractivity contribution < 1.29 is 4.79 Å². The van der Waals surface area contributed by atoms with Crippen LogP contribution >= 0.6 is 15.9 Å². The number of nitriles is 1. The van der Waals surface area contributed by atoms with Crippen LogP contribution in [0, 0.1) is 39.0 Å². The third-order valence-electron chi connectivity index (χ3n) is 5.28. The molecule has 0 saturated carbocycles. The zero-order valence-corrected chi connectivity index (χ0v) is 19.8. The first-order valence-electron chi connectivity index (χ1n) is 10.1. The van der Waals surface area contributed by atoms with Gasteiger partial charge in [-0.3, -0.25) is 4.79 Å². The predicted octanol–water partition coefficient (Wildman–Crippen LogP) is 6.82. The van der Waals surface area contributed by atoms with E-state index in [4.69, 9.17) is 0 Å². The van der Waals surface area contributed by atoms with Gasteiger partial charge in [0.25, 0.3) is 5.91 Å². The molecule has 0 atom stereocenters. The minimum absolute atomic E-state index is 0.0647. The van der Waals surface area contributed by atoms with Gasteiger partial charge in [-0.25, -0.2) is 0 Å². The van der Waals surface area contributed by atoms with Crippen molar-refractivity contribution in [3.8, 4) is 6.07 Å². The molecule has 0 aliphatic rings. The number of aryl methyl sites for hydroxylation is 3. The molecule has 0 aliphatic heterocycles. The molecule has 3 aromatic carbocycles. The van der Waals surface area contributed by atoms with Gasteiger partial charge in [-0.1, -0.05) is 69.5 Å². The number of hydrogen-bond donors (Lipinski definition) is 1. The second kappa shape index (κ2) is 9.76. The largest absolute Gasteiger partial charge is 0.321 e. The number of nitrogens with zero attached hydrogens (tertiary/aromatic N) is 1. The first kappa shape index (κ1) is 22.5. The lowest BCUT2D eigenvalue weighted by Crippen LogP contribution is -2.14. The highest BCUT2D eigenvalue weighted by atomic mass is 79.9. The van der Waals surface area contributed by atoms with Gasteiger partial charge >= 0.3 is 0 Å². The maximum atomic E-state index is 12.7. The van der Waals surface area contributed by atoms with E-state index in [2.05, 4.69) is 53.3 Å². The van der Waals surface area contributed by atoms with Crippen molar-refractivity contribution in [2.45, 2.75) is 34.1 Å². The van der Waals surface area contributed by atoms with E-state index in [-0.39, 0.29) is 5.57 Å². The predicted molar refractivity (Wildman–Crippen MR) is 131 cm³/mol. The maximum Gasteiger partial charge on any atom is 0.266 e. The lowest BCUT2D eigenvalue weighted by atomic mass is 9.99. The summed E-state index contributed by atoms with van der Waals surface area (Å²) in [5.41, 5.74) is 8.57. The zero-order chi connectivity index (χ0) is 22.5. The number of rotatable bonds is 5. The van der Waals surface area contributed by atoms with E-state index >= 15 is 0 Å². The summed E-state index contributed by atoms with van der Waals surface area (Å²) in [7, 11) is 0. The fraction of sp³-hybridized carbons (Fsp3) is 0.185. The molecule has 3 aromatic rings. The third kappa shape index (κ3) is 5.71. The number of anilines is 1. The number of amides is 1. The quantitative estimate of drug-likeness (QED) is 0.327. The zero-order valence-electron chi connectivity index (χ0n) is 18.2. The number of hydrogen-bond acceptors (Lipinski definition) is 2. The Labute approximate surface area is 192 Å². The minimum Gasteiger partial charge on any atom is -0.321 e. The molecule has 1 amide bonds. The van der Waals surface area contributed by atoms with Gasteiger partial charge in [0.05, 0.1) is 0 Å². The molecule has 1 N–H and O–H groups in total. The molecular formula is C27H25BrN2O. The van der Waals surface area contributed by atoms with E-state index in [1.807, 2.05) is 56.3 Å². The lowest BCUT2D eigenvalue weighted by Gasteiger charge is -2.10. The average Bonchev–Trinajstić information content (AvgIpc) is 2.70. The summed E-state index contributed by atoms with van der Waals surface area (Å²) < 4.78 is 0.952. The topological polar surface area (TPSA) is 52.9 Å². The van der Waals surface area contributed by atoms with Gasteiger partial charge in [-0.2, -0.15) is 5.26 Å². The van der Waals surface area contributed by atoms with Crippen LogP contribution in [-0.4, -0.2) is 5.91 Å². The number of carbonyl (C=O) groups excluding carboxylic acids is 1. The third-order valence-corrected chi connectivity index (χ3v) is 6.02. The molecule has 156 valence electrons. The second-order valence-electron chi connectivity index (χ2n) is 7.89. The molecule has 0 radical (unpaired) electrons. The van der Waals surface area contributed by atoms with E-state index in [0.717, 1.165) is 38.8 Å². The summed E-state index contributed by atoms with van der Waals surface area (Å²) in [6.07, 6.45) is 2.43. The van der Waals surface area contributed by atoms with E-state index in [9.17, 15) is 10.1 Å². The molecule has 31 heavy (non-hydrogen) atoms. The van der Waals surface area contributed by atoms with Crippen molar-refractivity contribution in [1.29, 1.82) is 5.26 Å². The summed E-state index contributed by atoms with van der Waals surface area (Å²) in [4.78, 5) is 12.7. The Morgan fingerprint density at radius 1 is 1.03 bits per heavy atom. The monoisotopic (exact) mass is 472 g/mol. The highest BCUT2D eigenvalue weighted by molar-refractivity contribution is 9.10. The molecule has 0 unspecified atom stereocenters. The Hall–Kier alpha value is -3.16. The van der Waals surface area contributed by atoms with Gasteiger partial charge in [0, 0.05) is 10.2 Å². The Morgan fingerprint density at radius 3 is 2.39 bits per heavy atom. The molecule has 0 heterocycles. The summed E-state index contributed by atoms with van der Waals surface area (Å²) >= 11 is 3.65. The Bertz CT molecular complexity index is 1200. The molecular weight excluding hydrogens is 448 g/mol. The molecule has 0 aromatic heterocycles. The minimum atomic E-state index is -0.411. The molecule has 0 fully saturated rings. The highest BCUT2D eigenvalue weighted by Gasteiger charge is 2.12. The normalized spacial score (nSPS) is 11.2. The van der Waals surface area contributed by atoms with Crippen molar-refractivity contribution in [1.82, 2.24) is 0 Å². The van der Waals surface area contributed by atoms with E-state index in [1.54, 1.807) is 6.08 Å². The summed E-state index contributed by atoms with van der Waals surface area (Å²) in [6, 6.07) is 20.2. The Morgan fingerprint density at radius 2 is 1.74 bits per heavy atom. The standard InChI is InChI=1S/C27H25BrN2O/c1-17-10-18(2)12-22(11-17)14-23-9-8-21(15-25(23)28)13-24(16-29)27(31)30-26-7-5-6-19(3)20(26)4/h5-13,15H,14H2,1-4H3,(H,30,31)/b24-13+. The van der Waals surface area contributed by atoms with Crippen LogP contribution in [0.5, 0.6) is 0 Å². The average molecular weight is 473 g/mol. The van der Waals surface area contributed by atoms with Crippen molar-refractivity contribution in [2.24, 2.45) is 0 Å². The van der Waals surface area contributed by atoms with Crippen LogP contribution in [0.2, 0.25) is 0 Å². The van der Waals surface area contributed by atoms with Crippen LogP contribution in [-0.2, 0) is 11.2 Å². The molecule has 0 bridgehead atoms. The smallest absolute Gasteiger partial charge is 0.266 e. The van der Waals surface area contributed by atoms with Gasteiger partial charge in [0.15, 0.2) is 0 Å². The van der Waals surface area contributed by atoms with E-state index < -0.39 is 5.91 Å². The van der Waals surface area contributed by atoms with Crippen LogP contribution in [0.3, 0.4) is 0 Å². The SMILES string of the molecule is Cc1cc(C)cc(Cc2ccc(/C=C(\C#N)C(=O)Nc3cccc(C)c3C)cc2Br)c1. The van der Waals surface area contributed by atoms with Gasteiger partial charge in [-0.15, -0.1) is 0 Å². The Kier molecular flexibility index (Phi) is 7.09. The fourth-order valence-corrected chi connectivity index (χ4v) is 4.12. The van der Waals surface area contributed by atoms with Gasteiger partial charge in [-0.05, 0) is 80.1 Å². The van der Waals surface area contributed by atoms with Crippen LogP contribution in [0.25, 0.3) is 6.08 Å². The summed E-state index contributed by atoms with van der Waals surface area (Å²) in [5, 5.41) is 12.4. The fourth-order valence-electron chi connectivity index (χ4n) is 3.58. The van der Waals surface area contributed by atoms with Crippen LogP contribution in [0.1, 0.15) is 38.9 Å². The molecule has 0 saturated heterocycles. The number of halogens is 1. The van der Waals surface area contributed by atoms with Gasteiger partial charge < -0.3 is 5.32 Å². The van der Waals surface area contributed by atoms with Crippen molar-refractivity contribution in [3.63, 3.8) is 0 Å². The van der Waals surface area contributed by atoms with Gasteiger partial charge in [0.2, 0.25) is 0 Å². The van der Waals surface area contributed by atoms with Crippen molar-refractivity contribution in [3.05, 3.63) is 104 Å². The molecule has 3 nitrogen and oxygen atoms in total.